The van der Waals surface area contributed by atoms with Gasteiger partial charge in [0.05, 0.1) is 0 Å². The van der Waals surface area contributed by atoms with Gasteiger partial charge in [0.25, 0.3) is 0 Å². The zero-order valence-corrected chi connectivity index (χ0v) is 29.2. The molecule has 52 heavy (non-hydrogen) atoms. The van der Waals surface area contributed by atoms with E-state index in [0.717, 1.165) is 17.1 Å². The molecule has 0 aliphatic heterocycles. The summed E-state index contributed by atoms with van der Waals surface area (Å²) in [4.78, 5) is 2.37. The average molecular weight is 680 g/mol. The summed E-state index contributed by atoms with van der Waals surface area (Å²) in [7, 11) is 0. The number of hydrogen-bond acceptors (Lipinski definition) is 2. The zero-order valence-electron chi connectivity index (χ0n) is 28.4. The average Bonchev–Trinajstić information content (AvgIpc) is 3.58. The molecule has 0 N–H and O–H groups in total. The first kappa shape index (κ1) is 30.4. The summed E-state index contributed by atoms with van der Waals surface area (Å²) in [6, 6.07) is 72.8. The number of rotatable bonds is 6. The largest absolute Gasteiger partial charge is 0.310 e. The summed E-state index contributed by atoms with van der Waals surface area (Å²) >= 11 is 1.89. The van der Waals surface area contributed by atoms with Crippen LogP contribution in [0.15, 0.2) is 200 Å². The molecule has 0 spiro atoms. The Labute approximate surface area is 307 Å². The Morgan fingerprint density at radius 3 is 1.63 bits per heavy atom. The van der Waals surface area contributed by atoms with Crippen LogP contribution in [-0.2, 0) is 0 Å². The molecule has 244 valence electrons. The molecule has 0 saturated heterocycles. The van der Waals surface area contributed by atoms with Crippen LogP contribution in [0.3, 0.4) is 0 Å². The van der Waals surface area contributed by atoms with Crippen molar-refractivity contribution in [1.82, 2.24) is 0 Å². The fourth-order valence-electron chi connectivity index (χ4n) is 7.67. The van der Waals surface area contributed by atoms with Crippen LogP contribution in [-0.4, -0.2) is 0 Å². The Morgan fingerprint density at radius 1 is 0.308 bits per heavy atom. The monoisotopic (exact) mass is 679 g/mol. The molecule has 9 aromatic carbocycles. The van der Waals surface area contributed by atoms with Crippen LogP contribution in [0.4, 0.5) is 17.1 Å². The van der Waals surface area contributed by atoms with E-state index in [1.54, 1.807) is 0 Å². The fourth-order valence-corrected chi connectivity index (χ4v) is 8.94. The third-order valence-electron chi connectivity index (χ3n) is 10.2. The van der Waals surface area contributed by atoms with Crippen LogP contribution < -0.4 is 4.90 Å². The second kappa shape index (κ2) is 12.7. The van der Waals surface area contributed by atoms with E-state index in [1.165, 1.54) is 75.1 Å². The highest BCUT2D eigenvalue weighted by Crippen LogP contribution is 2.43. The van der Waals surface area contributed by atoms with Gasteiger partial charge in [-0.05, 0) is 103 Å². The minimum atomic E-state index is 1.11. The fraction of sp³-hybridized carbons (Fsp3) is 0. The number of hydrogen-bond donors (Lipinski definition) is 0. The minimum Gasteiger partial charge on any atom is -0.310 e. The molecule has 10 aromatic rings. The summed E-state index contributed by atoms with van der Waals surface area (Å²) in [5, 5.41) is 7.73. The number of benzene rings is 9. The van der Waals surface area contributed by atoms with Gasteiger partial charge in [0.2, 0.25) is 0 Å². The van der Waals surface area contributed by atoms with Crippen LogP contribution >= 0.6 is 11.3 Å². The molecule has 0 aliphatic carbocycles. The van der Waals surface area contributed by atoms with Gasteiger partial charge in [0.15, 0.2) is 0 Å². The normalized spacial score (nSPS) is 11.5. The first-order valence-electron chi connectivity index (χ1n) is 17.8. The maximum absolute atomic E-state index is 2.37. The predicted octanol–water partition coefficient (Wildman–Crippen LogP) is 14.8. The van der Waals surface area contributed by atoms with Crippen molar-refractivity contribution in [2.24, 2.45) is 0 Å². The molecule has 0 unspecified atom stereocenters. The van der Waals surface area contributed by atoms with Gasteiger partial charge in [-0.2, -0.15) is 0 Å². The highest BCUT2D eigenvalue weighted by atomic mass is 32.1. The van der Waals surface area contributed by atoms with Crippen molar-refractivity contribution in [2.45, 2.75) is 0 Å². The first-order chi connectivity index (χ1) is 25.8. The Balaban J connectivity index is 1.07. The van der Waals surface area contributed by atoms with E-state index in [9.17, 15) is 0 Å². The molecule has 1 aromatic heterocycles. The lowest BCUT2D eigenvalue weighted by Crippen LogP contribution is -2.10. The minimum absolute atomic E-state index is 1.11. The van der Waals surface area contributed by atoms with Crippen molar-refractivity contribution in [3.05, 3.63) is 200 Å². The summed E-state index contributed by atoms with van der Waals surface area (Å²) in [5.74, 6) is 0. The lowest BCUT2D eigenvalue weighted by Gasteiger charge is -2.26. The summed E-state index contributed by atoms with van der Waals surface area (Å²) < 4.78 is 2.66. The Bertz CT molecular complexity index is 2880. The van der Waals surface area contributed by atoms with Crippen LogP contribution in [0.25, 0.3) is 75.1 Å². The van der Waals surface area contributed by atoms with Gasteiger partial charge in [0.1, 0.15) is 0 Å². The molecule has 0 fully saturated rings. The van der Waals surface area contributed by atoms with E-state index in [-0.39, 0.29) is 0 Å². The zero-order chi connectivity index (χ0) is 34.4. The van der Waals surface area contributed by atoms with Gasteiger partial charge >= 0.3 is 0 Å². The highest BCUT2D eigenvalue weighted by molar-refractivity contribution is 7.26. The van der Waals surface area contributed by atoms with Crippen LogP contribution in [0.5, 0.6) is 0 Å². The highest BCUT2D eigenvalue weighted by Gasteiger charge is 2.16. The number of thiophene rings is 1. The van der Waals surface area contributed by atoms with Gasteiger partial charge < -0.3 is 4.90 Å². The number of nitrogens with zero attached hydrogens (tertiary/aromatic N) is 1. The van der Waals surface area contributed by atoms with E-state index in [2.05, 4.69) is 205 Å². The Kier molecular flexibility index (Phi) is 7.41. The van der Waals surface area contributed by atoms with Crippen molar-refractivity contribution in [2.75, 3.05) is 4.90 Å². The van der Waals surface area contributed by atoms with Crippen LogP contribution in [0.1, 0.15) is 0 Å². The van der Waals surface area contributed by atoms with E-state index in [1.807, 2.05) is 11.3 Å². The molecule has 1 heterocycles. The second-order valence-electron chi connectivity index (χ2n) is 13.4. The molecule has 0 atom stereocenters. The molecular weight excluding hydrogens is 647 g/mol. The van der Waals surface area contributed by atoms with E-state index in [0.29, 0.717) is 0 Å². The maximum Gasteiger partial charge on any atom is 0.0467 e. The van der Waals surface area contributed by atoms with Crippen molar-refractivity contribution < 1.29 is 0 Å². The third kappa shape index (κ3) is 5.33. The molecule has 0 amide bonds. The Hall–Kier alpha value is -6.48. The maximum atomic E-state index is 2.37. The van der Waals surface area contributed by atoms with Crippen molar-refractivity contribution in [1.29, 1.82) is 0 Å². The molecule has 0 bridgehead atoms. The van der Waals surface area contributed by atoms with E-state index < -0.39 is 0 Å². The molecule has 1 nitrogen and oxygen atoms in total. The third-order valence-corrected chi connectivity index (χ3v) is 11.4. The lowest BCUT2D eigenvalue weighted by atomic mass is 9.98. The molecule has 0 saturated carbocycles. The van der Waals surface area contributed by atoms with Crippen molar-refractivity contribution in [3.63, 3.8) is 0 Å². The van der Waals surface area contributed by atoms with Gasteiger partial charge in [-0.3, -0.25) is 0 Å². The summed E-state index contributed by atoms with van der Waals surface area (Å²) in [6.07, 6.45) is 0. The summed E-state index contributed by atoms with van der Waals surface area (Å²) in [5.41, 5.74) is 10.7. The predicted molar refractivity (Wildman–Crippen MR) is 225 cm³/mol. The quantitative estimate of drug-likeness (QED) is 0.169. The van der Waals surface area contributed by atoms with Crippen molar-refractivity contribution in [3.8, 4) is 33.4 Å². The molecular formula is C50H33NS. The first-order valence-corrected chi connectivity index (χ1v) is 18.6. The van der Waals surface area contributed by atoms with Gasteiger partial charge in [-0.15, -0.1) is 11.3 Å². The molecule has 0 radical (unpaired) electrons. The lowest BCUT2D eigenvalue weighted by molar-refractivity contribution is 1.28. The second-order valence-corrected chi connectivity index (χ2v) is 14.4. The topological polar surface area (TPSA) is 3.24 Å². The van der Waals surface area contributed by atoms with Gasteiger partial charge in [-0.25, -0.2) is 0 Å². The van der Waals surface area contributed by atoms with Crippen molar-refractivity contribution >= 4 is 70.1 Å². The number of anilines is 3. The smallest absolute Gasteiger partial charge is 0.0467 e. The van der Waals surface area contributed by atoms with Gasteiger partial charge in [-0.1, -0.05) is 152 Å². The standard InChI is InChI=1S/C50H33NS/c1-2-11-34(12-3-1)38-17-8-18-43(31-38)51(41-27-23-36(24-28-41)45-20-9-16-35-13-6-7-19-44(35)45)42-29-25-37(26-30-42)46-21-10-22-47-48-32-39-14-4-5-15-40(39)33-49(48)52-50(46)47/h1-33H. The molecule has 10 rings (SSSR count). The molecule has 0 aliphatic rings. The van der Waals surface area contributed by atoms with Crippen LogP contribution in [0.2, 0.25) is 0 Å². The van der Waals surface area contributed by atoms with Gasteiger partial charge in [0, 0.05) is 37.2 Å². The van der Waals surface area contributed by atoms with Crippen LogP contribution in [0, 0.1) is 0 Å². The summed E-state index contributed by atoms with van der Waals surface area (Å²) in [6.45, 7) is 0. The van der Waals surface area contributed by atoms with E-state index >= 15 is 0 Å². The number of fused-ring (bicyclic) bond motifs is 5. The SMILES string of the molecule is c1ccc(-c2cccc(N(c3ccc(-c4cccc5ccccc45)cc3)c3ccc(-c4cccc5c4sc4cc6ccccc6cc45)cc3)c2)cc1. The molecule has 2 heteroatoms. The van der Waals surface area contributed by atoms with E-state index in [4.69, 9.17) is 0 Å². The Morgan fingerprint density at radius 2 is 0.865 bits per heavy atom.